The van der Waals surface area contributed by atoms with Crippen molar-refractivity contribution in [2.24, 2.45) is 7.05 Å². The normalized spacial score (nSPS) is 11.1. The molecule has 2 aromatic carbocycles. The molecule has 41 heavy (non-hydrogen) atoms. The van der Waals surface area contributed by atoms with E-state index >= 15 is 0 Å². The highest BCUT2D eigenvalue weighted by atomic mass is 19.1. The first-order valence-corrected chi connectivity index (χ1v) is 12.7. The van der Waals surface area contributed by atoms with Crippen LogP contribution in [0.2, 0.25) is 0 Å². The third-order valence-corrected chi connectivity index (χ3v) is 6.10. The Labute approximate surface area is 236 Å². The number of benzene rings is 2. The molecule has 0 radical (unpaired) electrons. The highest BCUT2D eigenvalue weighted by Gasteiger charge is 2.22. The number of ether oxygens (including phenoxy) is 1. The Kier molecular flexibility index (Phi) is 7.22. The fraction of sp³-hybridized carbons (Fsp3) is 0.167. The van der Waals surface area contributed by atoms with Gasteiger partial charge in [-0.05, 0) is 36.4 Å². The molecule has 2 amide bonds. The monoisotopic (exact) mass is 550 g/mol. The van der Waals surface area contributed by atoms with Gasteiger partial charge >= 0.3 is 6.03 Å². The van der Waals surface area contributed by atoms with Gasteiger partial charge in [-0.25, -0.2) is 13.9 Å². The second-order valence-corrected chi connectivity index (χ2v) is 10.3. The van der Waals surface area contributed by atoms with E-state index in [1.54, 1.807) is 70.3 Å². The molecule has 0 saturated carbocycles. The Morgan fingerprint density at radius 1 is 1.05 bits per heavy atom. The molecular formula is C30H27FN8O2. The lowest BCUT2D eigenvalue weighted by molar-refractivity contribution is 0.262. The van der Waals surface area contributed by atoms with Crippen LogP contribution >= 0.6 is 0 Å². The van der Waals surface area contributed by atoms with Crippen molar-refractivity contribution in [3.63, 3.8) is 0 Å². The van der Waals surface area contributed by atoms with Gasteiger partial charge in [0.15, 0.2) is 0 Å². The van der Waals surface area contributed by atoms with Crippen molar-refractivity contribution in [3.8, 4) is 34.5 Å². The number of carbonyl (C=O) groups is 1. The Bertz CT molecular complexity index is 1780. The summed E-state index contributed by atoms with van der Waals surface area (Å²) >= 11 is 0. The summed E-state index contributed by atoms with van der Waals surface area (Å²) in [6, 6.07) is 17.6. The van der Waals surface area contributed by atoms with E-state index in [0.29, 0.717) is 28.5 Å². The number of aromatic nitrogens is 5. The fourth-order valence-electron chi connectivity index (χ4n) is 3.99. The molecule has 0 fully saturated rings. The van der Waals surface area contributed by atoms with E-state index in [2.05, 4.69) is 31.9 Å². The van der Waals surface area contributed by atoms with Crippen LogP contribution in [0.4, 0.5) is 20.7 Å². The van der Waals surface area contributed by atoms with Crippen LogP contribution in [0.3, 0.4) is 0 Å². The largest absolute Gasteiger partial charge is 0.457 e. The molecule has 0 bridgehead atoms. The molecule has 0 spiro atoms. The summed E-state index contributed by atoms with van der Waals surface area (Å²) in [5, 5.41) is 23.4. The lowest BCUT2D eigenvalue weighted by atomic mass is 9.92. The van der Waals surface area contributed by atoms with Gasteiger partial charge in [0.2, 0.25) is 0 Å². The molecule has 2 N–H and O–H groups in total. The van der Waals surface area contributed by atoms with Crippen molar-refractivity contribution >= 4 is 17.5 Å². The lowest BCUT2D eigenvalue weighted by Gasteiger charge is -2.14. The van der Waals surface area contributed by atoms with Gasteiger partial charge in [-0.1, -0.05) is 26.8 Å². The molecule has 0 aliphatic carbocycles. The predicted octanol–water partition coefficient (Wildman–Crippen LogP) is 6.41. The number of hydrogen-bond donors (Lipinski definition) is 2. The van der Waals surface area contributed by atoms with Crippen LogP contribution in [0, 0.1) is 17.1 Å². The van der Waals surface area contributed by atoms with Gasteiger partial charge in [0.25, 0.3) is 0 Å². The van der Waals surface area contributed by atoms with Crippen LogP contribution in [-0.4, -0.2) is 30.6 Å². The fourth-order valence-corrected chi connectivity index (χ4v) is 3.99. The second-order valence-electron chi connectivity index (χ2n) is 10.3. The summed E-state index contributed by atoms with van der Waals surface area (Å²) in [5.74, 6) is 0.414. The molecule has 3 heterocycles. The van der Waals surface area contributed by atoms with Crippen LogP contribution < -0.4 is 15.4 Å². The number of hydrogen-bond acceptors (Lipinski definition) is 6. The van der Waals surface area contributed by atoms with Crippen LogP contribution in [-0.2, 0) is 12.5 Å². The van der Waals surface area contributed by atoms with Crippen molar-refractivity contribution in [3.05, 3.63) is 96.3 Å². The molecular weight excluding hydrogens is 523 g/mol. The maximum atomic E-state index is 15.0. The Morgan fingerprint density at radius 3 is 2.56 bits per heavy atom. The van der Waals surface area contributed by atoms with Gasteiger partial charge in [0.05, 0.1) is 40.6 Å². The van der Waals surface area contributed by atoms with Gasteiger partial charge in [-0.3, -0.25) is 15.0 Å². The maximum absolute atomic E-state index is 15.0. The van der Waals surface area contributed by atoms with Gasteiger partial charge in [-0.15, -0.1) is 0 Å². The van der Waals surface area contributed by atoms with E-state index in [1.807, 2.05) is 34.0 Å². The molecule has 11 heteroatoms. The molecule has 3 aromatic heterocycles. The third-order valence-electron chi connectivity index (χ3n) is 6.10. The molecule has 5 aromatic rings. The number of aryl methyl sites for hydroxylation is 1. The highest BCUT2D eigenvalue weighted by molar-refractivity contribution is 5.99. The van der Waals surface area contributed by atoms with E-state index in [1.165, 1.54) is 12.1 Å². The molecule has 5 rings (SSSR count). The zero-order chi connectivity index (χ0) is 29.1. The Morgan fingerprint density at radius 2 is 1.85 bits per heavy atom. The van der Waals surface area contributed by atoms with E-state index in [9.17, 15) is 14.4 Å². The summed E-state index contributed by atoms with van der Waals surface area (Å²) in [4.78, 5) is 17.3. The lowest BCUT2D eigenvalue weighted by Crippen LogP contribution is -2.22. The average molecular weight is 551 g/mol. The quantitative estimate of drug-likeness (QED) is 0.252. The third kappa shape index (κ3) is 6.23. The van der Waals surface area contributed by atoms with Crippen molar-refractivity contribution in [1.82, 2.24) is 24.5 Å². The molecule has 0 aliphatic rings. The van der Waals surface area contributed by atoms with E-state index in [4.69, 9.17) is 4.74 Å². The second kappa shape index (κ2) is 10.9. The number of amides is 2. The van der Waals surface area contributed by atoms with Crippen LogP contribution in [0.25, 0.3) is 16.9 Å². The van der Waals surface area contributed by atoms with E-state index in [0.717, 1.165) is 11.3 Å². The van der Waals surface area contributed by atoms with Crippen molar-refractivity contribution in [1.29, 1.82) is 5.26 Å². The number of carbonyl (C=O) groups excluding carboxylic acids is 1. The van der Waals surface area contributed by atoms with Crippen LogP contribution in [0.15, 0.2) is 79.3 Å². The zero-order valence-corrected chi connectivity index (χ0v) is 22.9. The summed E-state index contributed by atoms with van der Waals surface area (Å²) < 4.78 is 24.0. The van der Waals surface area contributed by atoms with E-state index in [-0.39, 0.29) is 16.9 Å². The zero-order valence-electron chi connectivity index (χ0n) is 22.9. The summed E-state index contributed by atoms with van der Waals surface area (Å²) in [6.45, 7) is 6.00. The number of urea groups is 1. The first kappa shape index (κ1) is 27.1. The summed E-state index contributed by atoms with van der Waals surface area (Å²) in [7, 11) is 1.81. The average Bonchev–Trinajstić information content (AvgIpc) is 3.57. The Hall–Kier alpha value is -5.50. The summed E-state index contributed by atoms with van der Waals surface area (Å²) in [6.07, 6.45) is 5.12. The van der Waals surface area contributed by atoms with Crippen molar-refractivity contribution < 1.29 is 13.9 Å². The number of nitrogens with one attached hydrogen (secondary N) is 2. The Balaban J connectivity index is 1.32. The smallest absolute Gasteiger partial charge is 0.324 e. The number of nitriles is 1. The minimum atomic E-state index is -0.676. The summed E-state index contributed by atoms with van der Waals surface area (Å²) in [5.41, 5.74) is 2.93. The van der Waals surface area contributed by atoms with E-state index < -0.39 is 11.8 Å². The topological polar surface area (TPSA) is 123 Å². The molecule has 206 valence electrons. The molecule has 0 unspecified atom stereocenters. The molecule has 0 atom stereocenters. The van der Waals surface area contributed by atoms with Gasteiger partial charge in [-0.2, -0.15) is 15.5 Å². The standard InChI is InChI=1S/C30H27FN8O2/c1-30(2,3)27-15-28(39(37-27)21-7-5-6-19(12-21)16-32)36-29(40)35-25-9-8-22(13-24(25)31)41-23-10-11-33-26(14-23)20-17-34-38(4)18-20/h5-15,17-18H,1-4H3,(H2,35,36,40). The first-order valence-electron chi connectivity index (χ1n) is 12.7. The number of anilines is 2. The number of rotatable bonds is 6. The van der Waals surface area contributed by atoms with Crippen LogP contribution in [0.1, 0.15) is 32.0 Å². The minimum absolute atomic E-state index is 0.0331. The minimum Gasteiger partial charge on any atom is -0.457 e. The number of pyridine rings is 1. The molecule has 0 aliphatic heterocycles. The number of nitrogens with zero attached hydrogens (tertiary/aromatic N) is 6. The van der Waals surface area contributed by atoms with Crippen LogP contribution in [0.5, 0.6) is 11.5 Å². The number of halogens is 1. The maximum Gasteiger partial charge on any atom is 0.324 e. The van der Waals surface area contributed by atoms with Crippen molar-refractivity contribution in [2.45, 2.75) is 26.2 Å². The molecule has 0 saturated heterocycles. The predicted molar refractivity (Wildman–Crippen MR) is 153 cm³/mol. The van der Waals surface area contributed by atoms with Gasteiger partial charge < -0.3 is 10.1 Å². The van der Waals surface area contributed by atoms with Gasteiger partial charge in [0.1, 0.15) is 23.1 Å². The highest BCUT2D eigenvalue weighted by Crippen LogP contribution is 2.29. The molecule has 10 nitrogen and oxygen atoms in total. The van der Waals surface area contributed by atoms with Crippen molar-refractivity contribution in [2.75, 3.05) is 10.6 Å². The van der Waals surface area contributed by atoms with Gasteiger partial charge in [0, 0.05) is 48.6 Å². The SMILES string of the molecule is Cn1cc(-c2cc(Oc3ccc(NC(=O)Nc4cc(C(C)(C)C)nn4-c4cccc(C#N)c4)c(F)c3)ccn2)cn1. The first-order chi connectivity index (χ1) is 19.6.